The van der Waals surface area contributed by atoms with Crippen molar-refractivity contribution in [3.05, 3.63) is 65.4 Å². The number of pyridine rings is 1. The first-order chi connectivity index (χ1) is 14.3. The van der Waals surface area contributed by atoms with Gasteiger partial charge in [0, 0.05) is 38.5 Å². The quantitative estimate of drug-likeness (QED) is 0.563. The van der Waals surface area contributed by atoms with E-state index in [1.54, 1.807) is 35.2 Å². The highest BCUT2D eigenvalue weighted by atomic mass is 19.4. The molecule has 0 radical (unpaired) electrons. The molecule has 0 aliphatic carbocycles. The first-order valence-corrected chi connectivity index (χ1v) is 9.21. The number of benzene rings is 1. The highest BCUT2D eigenvalue weighted by Crippen LogP contribution is 2.29. The standard InChI is InChI=1S/C21H20F3N3O3/c1-30-20(29)16-5-2-15(3-6-16)4-9-19(28)27-12-10-26(11-13-27)18-8-7-17(14-25-18)21(22,23)24/h2-9,14H,10-13H2,1H3/b9-4+. The van der Waals surface area contributed by atoms with Crippen LogP contribution in [-0.2, 0) is 15.7 Å². The summed E-state index contributed by atoms with van der Waals surface area (Å²) >= 11 is 0. The van der Waals surface area contributed by atoms with Crippen molar-refractivity contribution in [3.8, 4) is 0 Å². The maximum Gasteiger partial charge on any atom is 0.417 e. The van der Waals surface area contributed by atoms with Gasteiger partial charge in [0.15, 0.2) is 0 Å². The molecule has 2 aromatic rings. The Hall–Kier alpha value is -3.36. The SMILES string of the molecule is COC(=O)c1ccc(/C=C/C(=O)N2CCN(c3ccc(C(F)(F)F)cn3)CC2)cc1. The van der Waals surface area contributed by atoms with Crippen LogP contribution in [0.3, 0.4) is 0 Å². The second-order valence-electron chi connectivity index (χ2n) is 6.66. The predicted molar refractivity (Wildman–Crippen MR) is 105 cm³/mol. The largest absolute Gasteiger partial charge is 0.465 e. The van der Waals surface area contributed by atoms with Crippen molar-refractivity contribution in [2.24, 2.45) is 0 Å². The van der Waals surface area contributed by atoms with Gasteiger partial charge in [-0.1, -0.05) is 12.1 Å². The highest BCUT2D eigenvalue weighted by molar-refractivity contribution is 5.92. The van der Waals surface area contributed by atoms with Gasteiger partial charge in [-0.15, -0.1) is 0 Å². The number of nitrogens with zero attached hydrogens (tertiary/aromatic N) is 3. The average Bonchev–Trinajstić information content (AvgIpc) is 2.77. The third kappa shape index (κ3) is 5.16. The molecule has 1 saturated heterocycles. The zero-order valence-corrected chi connectivity index (χ0v) is 16.2. The number of esters is 1. The van der Waals surface area contributed by atoms with Crippen molar-refractivity contribution in [2.45, 2.75) is 6.18 Å². The molecule has 1 aromatic heterocycles. The molecule has 2 heterocycles. The lowest BCUT2D eigenvalue weighted by molar-refractivity contribution is -0.137. The number of methoxy groups -OCH3 is 1. The van der Waals surface area contributed by atoms with Crippen molar-refractivity contribution in [1.82, 2.24) is 9.88 Å². The summed E-state index contributed by atoms with van der Waals surface area (Å²) in [6.07, 6.45) is -0.476. The molecule has 1 aliphatic heterocycles. The number of hydrogen-bond donors (Lipinski definition) is 0. The van der Waals surface area contributed by atoms with E-state index in [1.807, 2.05) is 4.90 Å². The predicted octanol–water partition coefficient (Wildman–Crippen LogP) is 3.25. The third-order valence-corrected chi connectivity index (χ3v) is 4.74. The van der Waals surface area contributed by atoms with Gasteiger partial charge < -0.3 is 14.5 Å². The minimum atomic E-state index is -4.41. The number of aromatic nitrogens is 1. The summed E-state index contributed by atoms with van der Waals surface area (Å²) in [4.78, 5) is 31.2. The van der Waals surface area contributed by atoms with E-state index in [2.05, 4.69) is 9.72 Å². The smallest absolute Gasteiger partial charge is 0.417 e. The van der Waals surface area contributed by atoms with Crippen LogP contribution >= 0.6 is 0 Å². The van der Waals surface area contributed by atoms with E-state index in [4.69, 9.17) is 0 Å². The number of anilines is 1. The summed E-state index contributed by atoms with van der Waals surface area (Å²) in [6.45, 7) is 1.83. The number of alkyl halides is 3. The Labute approximate surface area is 171 Å². The van der Waals surface area contributed by atoms with E-state index in [0.29, 0.717) is 37.6 Å². The molecule has 3 rings (SSSR count). The fourth-order valence-corrected chi connectivity index (χ4v) is 3.02. The van der Waals surface area contributed by atoms with Gasteiger partial charge in [0.25, 0.3) is 0 Å². The fraction of sp³-hybridized carbons (Fsp3) is 0.286. The number of carbonyl (C=O) groups is 2. The molecule has 158 valence electrons. The van der Waals surface area contributed by atoms with Crippen LogP contribution in [0.5, 0.6) is 0 Å². The number of piperazine rings is 1. The van der Waals surface area contributed by atoms with Gasteiger partial charge in [-0.05, 0) is 35.9 Å². The summed E-state index contributed by atoms with van der Waals surface area (Å²) in [7, 11) is 1.31. The first-order valence-electron chi connectivity index (χ1n) is 9.21. The van der Waals surface area contributed by atoms with E-state index < -0.39 is 17.7 Å². The van der Waals surface area contributed by atoms with Gasteiger partial charge in [0.05, 0.1) is 18.2 Å². The Morgan fingerprint density at radius 2 is 1.70 bits per heavy atom. The number of ether oxygens (including phenoxy) is 1. The molecule has 1 aromatic carbocycles. The minimum Gasteiger partial charge on any atom is -0.465 e. The molecule has 1 fully saturated rings. The Balaban J connectivity index is 1.53. The molecule has 1 aliphatic rings. The molecule has 30 heavy (non-hydrogen) atoms. The Kier molecular flexibility index (Phi) is 6.39. The van der Waals surface area contributed by atoms with Crippen LogP contribution in [-0.4, -0.2) is 55.0 Å². The van der Waals surface area contributed by atoms with Gasteiger partial charge in [-0.25, -0.2) is 9.78 Å². The third-order valence-electron chi connectivity index (χ3n) is 4.74. The highest BCUT2D eigenvalue weighted by Gasteiger charge is 2.31. The van der Waals surface area contributed by atoms with Crippen molar-refractivity contribution in [3.63, 3.8) is 0 Å². The Morgan fingerprint density at radius 3 is 2.23 bits per heavy atom. The Morgan fingerprint density at radius 1 is 1.03 bits per heavy atom. The van der Waals surface area contributed by atoms with Gasteiger partial charge in [-0.2, -0.15) is 13.2 Å². The fourth-order valence-electron chi connectivity index (χ4n) is 3.02. The summed E-state index contributed by atoms with van der Waals surface area (Å²) in [6, 6.07) is 9.01. The number of amides is 1. The van der Waals surface area contributed by atoms with Gasteiger partial charge >= 0.3 is 12.1 Å². The van der Waals surface area contributed by atoms with Crippen LogP contribution in [0.15, 0.2) is 48.7 Å². The monoisotopic (exact) mass is 419 g/mol. The molecular formula is C21H20F3N3O3. The molecule has 6 nitrogen and oxygen atoms in total. The Bertz CT molecular complexity index is 917. The maximum absolute atomic E-state index is 12.6. The summed E-state index contributed by atoms with van der Waals surface area (Å²) in [5, 5.41) is 0. The first kappa shape index (κ1) is 21.4. The zero-order chi connectivity index (χ0) is 21.7. The second-order valence-corrected chi connectivity index (χ2v) is 6.66. The van der Waals surface area contributed by atoms with E-state index in [1.165, 1.54) is 19.3 Å². The van der Waals surface area contributed by atoms with Crippen molar-refractivity contribution < 1.29 is 27.5 Å². The lowest BCUT2D eigenvalue weighted by Gasteiger charge is -2.35. The minimum absolute atomic E-state index is 0.160. The van der Waals surface area contributed by atoms with Crippen LogP contribution in [0.4, 0.5) is 19.0 Å². The molecule has 0 N–H and O–H groups in total. The van der Waals surface area contributed by atoms with Crippen LogP contribution < -0.4 is 4.90 Å². The lowest BCUT2D eigenvalue weighted by Crippen LogP contribution is -2.48. The molecule has 0 atom stereocenters. The van der Waals surface area contributed by atoms with E-state index in [9.17, 15) is 22.8 Å². The van der Waals surface area contributed by atoms with Crippen LogP contribution in [0.1, 0.15) is 21.5 Å². The molecule has 0 spiro atoms. The van der Waals surface area contributed by atoms with Crippen molar-refractivity contribution >= 4 is 23.8 Å². The average molecular weight is 419 g/mol. The van der Waals surface area contributed by atoms with Crippen LogP contribution in [0.2, 0.25) is 0 Å². The summed E-state index contributed by atoms with van der Waals surface area (Å²) < 4.78 is 42.6. The van der Waals surface area contributed by atoms with E-state index in [0.717, 1.165) is 17.8 Å². The molecule has 0 bridgehead atoms. The van der Waals surface area contributed by atoms with Crippen LogP contribution in [0, 0.1) is 0 Å². The number of carbonyl (C=O) groups excluding carboxylic acids is 2. The molecular weight excluding hydrogens is 399 g/mol. The van der Waals surface area contributed by atoms with E-state index in [-0.39, 0.29) is 5.91 Å². The molecule has 1 amide bonds. The van der Waals surface area contributed by atoms with Crippen LogP contribution in [0.25, 0.3) is 6.08 Å². The van der Waals surface area contributed by atoms with Gasteiger partial charge in [-0.3, -0.25) is 4.79 Å². The molecule has 0 unspecified atom stereocenters. The van der Waals surface area contributed by atoms with Crippen molar-refractivity contribution in [1.29, 1.82) is 0 Å². The summed E-state index contributed by atoms with van der Waals surface area (Å²) in [5.41, 5.74) is 0.405. The number of rotatable bonds is 4. The van der Waals surface area contributed by atoms with Gasteiger partial charge in [0.1, 0.15) is 5.82 Å². The maximum atomic E-state index is 12.6. The van der Waals surface area contributed by atoms with Crippen molar-refractivity contribution in [2.75, 3.05) is 38.2 Å². The number of hydrogen-bond acceptors (Lipinski definition) is 5. The molecule has 9 heteroatoms. The second kappa shape index (κ2) is 8.98. The van der Waals surface area contributed by atoms with Gasteiger partial charge in [0.2, 0.25) is 5.91 Å². The number of halogens is 3. The zero-order valence-electron chi connectivity index (χ0n) is 16.2. The normalized spacial score (nSPS) is 14.8. The topological polar surface area (TPSA) is 62.7 Å². The lowest BCUT2D eigenvalue weighted by atomic mass is 10.1. The molecule has 0 saturated carbocycles. The van der Waals surface area contributed by atoms with E-state index >= 15 is 0 Å². The summed E-state index contributed by atoms with van der Waals surface area (Å²) in [5.74, 6) is -0.134.